The number of ether oxygens (including phenoxy) is 1. The van der Waals surface area contributed by atoms with Crippen LogP contribution in [0.1, 0.15) is 12.5 Å². The lowest BCUT2D eigenvalue weighted by Gasteiger charge is -2.23. The number of hydrogen-bond acceptors (Lipinski definition) is 4. The number of rotatable bonds is 7. The zero-order chi connectivity index (χ0) is 14.6. The Morgan fingerprint density at radius 1 is 1.05 bits per heavy atom. The van der Waals surface area contributed by atoms with Gasteiger partial charge >= 0.3 is 8.80 Å². The quantitative estimate of drug-likeness (QED) is 0.722. The van der Waals surface area contributed by atoms with Crippen molar-refractivity contribution in [1.82, 2.24) is 0 Å². The van der Waals surface area contributed by atoms with Crippen LogP contribution in [-0.4, -0.2) is 43.0 Å². The molecule has 0 N–H and O–H groups in total. The lowest BCUT2D eigenvalue weighted by Crippen LogP contribution is -2.48. The summed E-state index contributed by atoms with van der Waals surface area (Å²) in [5.74, 6) is 0. The molecule has 0 aliphatic rings. The molecule has 0 fully saturated rings. The van der Waals surface area contributed by atoms with Crippen molar-refractivity contribution < 1.29 is 18.0 Å². The van der Waals surface area contributed by atoms with E-state index in [0.717, 1.165) is 0 Å². The fourth-order valence-electron chi connectivity index (χ4n) is 1.24. The van der Waals surface area contributed by atoms with Gasteiger partial charge in [-0.3, -0.25) is 0 Å². The first kappa shape index (κ1) is 18.0. The first-order chi connectivity index (χ1) is 9.17. The van der Waals surface area contributed by atoms with E-state index in [1.165, 1.54) is 5.56 Å². The van der Waals surface area contributed by atoms with E-state index in [9.17, 15) is 0 Å². The van der Waals surface area contributed by atoms with Crippen LogP contribution in [0, 0.1) is 0 Å². The third-order valence-corrected chi connectivity index (χ3v) is 4.87. The van der Waals surface area contributed by atoms with Gasteiger partial charge in [-0.15, -0.1) is 0 Å². The molecule has 0 spiro atoms. The zero-order valence-electron chi connectivity index (χ0n) is 12.2. The van der Waals surface area contributed by atoms with Gasteiger partial charge in [-0.1, -0.05) is 43.0 Å². The van der Waals surface area contributed by atoms with Crippen LogP contribution in [0.15, 0.2) is 36.9 Å². The number of hydrogen-bond donors (Lipinski definition) is 0. The summed E-state index contributed by atoms with van der Waals surface area (Å²) in [5.41, 5.74) is 1.17. The van der Waals surface area contributed by atoms with Gasteiger partial charge in [-0.05, 0) is 12.5 Å². The third-order valence-electron chi connectivity index (χ3n) is 2.45. The van der Waals surface area contributed by atoms with Gasteiger partial charge in [0.1, 0.15) is 6.23 Å². The Kier molecular flexibility index (Phi) is 10.3. The van der Waals surface area contributed by atoms with Gasteiger partial charge in [0, 0.05) is 27.9 Å². The lowest BCUT2D eigenvalue weighted by molar-refractivity contribution is 0.0676. The Hall–Kier alpha value is -0.983. The molecular formula is C14H24O4Si. The SMILES string of the molecule is C=Cc1ccccc1.CCOC[Si](OC)(OC)OC. The molecule has 0 unspecified atom stereocenters. The summed E-state index contributed by atoms with van der Waals surface area (Å²) in [5, 5.41) is 0. The van der Waals surface area contributed by atoms with Crippen LogP contribution in [0.3, 0.4) is 0 Å². The molecule has 0 aliphatic heterocycles. The molecule has 0 saturated carbocycles. The molecule has 108 valence electrons. The second kappa shape index (κ2) is 10.9. The second-order valence-electron chi connectivity index (χ2n) is 3.55. The first-order valence-corrected chi connectivity index (χ1v) is 8.01. The van der Waals surface area contributed by atoms with Crippen molar-refractivity contribution in [2.24, 2.45) is 0 Å². The van der Waals surface area contributed by atoms with Crippen molar-refractivity contribution in [2.75, 3.05) is 34.2 Å². The lowest BCUT2D eigenvalue weighted by atomic mass is 10.2. The molecule has 4 nitrogen and oxygen atoms in total. The van der Waals surface area contributed by atoms with Gasteiger partial charge in [-0.2, -0.15) is 0 Å². The van der Waals surface area contributed by atoms with Crippen molar-refractivity contribution in [3.63, 3.8) is 0 Å². The van der Waals surface area contributed by atoms with Crippen molar-refractivity contribution >= 4 is 14.9 Å². The van der Waals surface area contributed by atoms with Gasteiger partial charge in [0.15, 0.2) is 0 Å². The topological polar surface area (TPSA) is 36.9 Å². The summed E-state index contributed by atoms with van der Waals surface area (Å²) < 4.78 is 20.5. The predicted octanol–water partition coefficient (Wildman–Crippen LogP) is 2.77. The van der Waals surface area contributed by atoms with Crippen LogP contribution in [0.2, 0.25) is 0 Å². The molecule has 0 radical (unpaired) electrons. The molecule has 0 saturated heterocycles. The van der Waals surface area contributed by atoms with Crippen LogP contribution in [0.25, 0.3) is 6.08 Å². The molecular weight excluding hydrogens is 260 g/mol. The molecule has 1 aromatic rings. The minimum absolute atomic E-state index is 0.410. The van der Waals surface area contributed by atoms with Crippen molar-refractivity contribution in [2.45, 2.75) is 6.92 Å². The summed E-state index contributed by atoms with van der Waals surface area (Å²) in [6, 6.07) is 10.0. The molecule has 0 atom stereocenters. The predicted molar refractivity (Wildman–Crippen MR) is 79.8 cm³/mol. The molecule has 1 aromatic carbocycles. The van der Waals surface area contributed by atoms with Gasteiger partial charge in [-0.25, -0.2) is 0 Å². The zero-order valence-corrected chi connectivity index (χ0v) is 13.2. The van der Waals surface area contributed by atoms with Crippen LogP contribution in [-0.2, 0) is 18.0 Å². The summed E-state index contributed by atoms with van der Waals surface area (Å²) in [6.45, 7) is 6.19. The van der Waals surface area contributed by atoms with Crippen molar-refractivity contribution in [3.05, 3.63) is 42.5 Å². The largest absolute Gasteiger partial charge is 0.527 e. The maximum Gasteiger partial charge on any atom is 0.527 e. The minimum Gasteiger partial charge on any atom is -0.377 e. The second-order valence-corrected chi connectivity index (χ2v) is 6.43. The highest BCUT2D eigenvalue weighted by atomic mass is 28.4. The van der Waals surface area contributed by atoms with E-state index in [-0.39, 0.29) is 0 Å². The van der Waals surface area contributed by atoms with E-state index >= 15 is 0 Å². The standard InChI is InChI=1S/C8H8.C6H16O4Si/c1-2-8-6-4-3-5-7-8;1-5-10-6-11(7-2,8-3)9-4/h2-7H,1H2;5-6H2,1-4H3. The highest BCUT2D eigenvalue weighted by Crippen LogP contribution is 2.05. The normalized spacial score (nSPS) is 10.5. The summed E-state index contributed by atoms with van der Waals surface area (Å²) in [6.07, 6.45) is 2.24. The molecule has 0 heterocycles. The van der Waals surface area contributed by atoms with E-state index < -0.39 is 8.80 Å². The van der Waals surface area contributed by atoms with Crippen LogP contribution < -0.4 is 0 Å². The molecule has 0 aromatic heterocycles. The van der Waals surface area contributed by atoms with Crippen molar-refractivity contribution in [3.8, 4) is 0 Å². The van der Waals surface area contributed by atoms with E-state index in [0.29, 0.717) is 12.8 Å². The molecule has 0 bridgehead atoms. The Labute approximate surface area is 117 Å². The van der Waals surface area contributed by atoms with Gasteiger partial charge < -0.3 is 18.0 Å². The van der Waals surface area contributed by atoms with E-state index in [1.807, 2.05) is 43.3 Å². The van der Waals surface area contributed by atoms with Gasteiger partial charge in [0.2, 0.25) is 0 Å². The highest BCUT2D eigenvalue weighted by Gasteiger charge is 2.38. The molecule has 19 heavy (non-hydrogen) atoms. The third kappa shape index (κ3) is 7.24. The van der Waals surface area contributed by atoms with Crippen LogP contribution in [0.4, 0.5) is 0 Å². The number of benzene rings is 1. The highest BCUT2D eigenvalue weighted by molar-refractivity contribution is 6.60. The van der Waals surface area contributed by atoms with E-state index in [1.54, 1.807) is 21.3 Å². The molecule has 5 heteroatoms. The molecule has 0 aliphatic carbocycles. The monoisotopic (exact) mass is 284 g/mol. The Bertz CT molecular complexity index is 317. The van der Waals surface area contributed by atoms with Crippen LogP contribution >= 0.6 is 0 Å². The summed E-state index contributed by atoms with van der Waals surface area (Å²) in [4.78, 5) is 0. The Morgan fingerprint density at radius 2 is 1.58 bits per heavy atom. The first-order valence-electron chi connectivity index (χ1n) is 6.08. The van der Waals surface area contributed by atoms with Gasteiger partial charge in [0.25, 0.3) is 0 Å². The maximum absolute atomic E-state index is 5.16. The fraction of sp³-hybridized carbons (Fsp3) is 0.429. The average molecular weight is 284 g/mol. The summed E-state index contributed by atoms with van der Waals surface area (Å²) in [7, 11) is 2.24. The Balaban J connectivity index is 0.000000356. The van der Waals surface area contributed by atoms with Crippen molar-refractivity contribution in [1.29, 1.82) is 0 Å². The fourth-order valence-corrected chi connectivity index (χ4v) is 2.55. The molecule has 0 amide bonds. The Morgan fingerprint density at radius 3 is 1.89 bits per heavy atom. The smallest absolute Gasteiger partial charge is 0.377 e. The molecule has 1 rings (SSSR count). The van der Waals surface area contributed by atoms with E-state index in [2.05, 4.69) is 6.58 Å². The van der Waals surface area contributed by atoms with E-state index in [4.69, 9.17) is 18.0 Å². The minimum atomic E-state index is -2.46. The maximum atomic E-state index is 5.16. The van der Waals surface area contributed by atoms with Gasteiger partial charge in [0.05, 0.1) is 0 Å². The summed E-state index contributed by atoms with van der Waals surface area (Å²) >= 11 is 0. The average Bonchev–Trinajstić information content (AvgIpc) is 2.51. The van der Waals surface area contributed by atoms with Crippen LogP contribution in [0.5, 0.6) is 0 Å².